The maximum atomic E-state index is 12.4. The maximum absolute atomic E-state index is 12.4. The van der Waals surface area contributed by atoms with Crippen LogP contribution in [0.25, 0.3) is 0 Å². The molecule has 0 bridgehead atoms. The van der Waals surface area contributed by atoms with Crippen molar-refractivity contribution in [2.45, 2.75) is 19.8 Å². The second kappa shape index (κ2) is 9.43. The van der Waals surface area contributed by atoms with E-state index < -0.39 is 0 Å². The van der Waals surface area contributed by atoms with E-state index >= 15 is 0 Å². The lowest BCUT2D eigenvalue weighted by Crippen LogP contribution is -2.22. The topological polar surface area (TPSA) is 41.1 Å². The number of hydrogen-bond acceptors (Lipinski definition) is 2. The predicted octanol–water partition coefficient (Wildman–Crippen LogP) is 5.26. The van der Waals surface area contributed by atoms with Crippen LogP contribution in [0, 0.1) is 11.8 Å². The number of amides is 1. The Morgan fingerprint density at radius 2 is 1.54 bits per heavy atom. The lowest BCUT2D eigenvalue weighted by atomic mass is 10.0. The van der Waals surface area contributed by atoms with Gasteiger partial charge in [-0.2, -0.15) is 0 Å². The Labute approximate surface area is 166 Å². The van der Waals surface area contributed by atoms with Crippen molar-refractivity contribution >= 4 is 17.3 Å². The molecule has 0 atom stereocenters. The number of benzene rings is 3. The number of hydrogen-bond donors (Lipinski definition) is 2. The van der Waals surface area contributed by atoms with Crippen molar-refractivity contribution in [1.29, 1.82) is 0 Å². The van der Waals surface area contributed by atoms with Gasteiger partial charge in [0.1, 0.15) is 0 Å². The van der Waals surface area contributed by atoms with Gasteiger partial charge in [0.15, 0.2) is 0 Å². The van der Waals surface area contributed by atoms with Gasteiger partial charge in [0, 0.05) is 22.5 Å². The van der Waals surface area contributed by atoms with E-state index in [4.69, 9.17) is 0 Å². The molecule has 3 rings (SSSR count). The van der Waals surface area contributed by atoms with Crippen LogP contribution >= 0.6 is 0 Å². The van der Waals surface area contributed by atoms with Crippen LogP contribution in [-0.2, 0) is 4.79 Å². The first-order valence-electron chi connectivity index (χ1n) is 9.41. The molecule has 0 spiro atoms. The summed E-state index contributed by atoms with van der Waals surface area (Å²) in [5.74, 6) is 6.58. The fourth-order valence-corrected chi connectivity index (χ4v) is 2.86. The van der Waals surface area contributed by atoms with Crippen molar-refractivity contribution in [1.82, 2.24) is 0 Å². The summed E-state index contributed by atoms with van der Waals surface area (Å²) in [6, 6.07) is 25.6. The molecule has 0 aliphatic carbocycles. The van der Waals surface area contributed by atoms with Gasteiger partial charge >= 0.3 is 0 Å². The Bertz CT molecular complexity index is 998. The van der Waals surface area contributed by atoms with Gasteiger partial charge in [-0.15, -0.1) is 0 Å². The minimum absolute atomic E-state index is 0.0751. The summed E-state index contributed by atoms with van der Waals surface area (Å²) in [5, 5.41) is 6.17. The molecule has 0 aliphatic heterocycles. The van der Waals surface area contributed by atoms with Gasteiger partial charge < -0.3 is 10.6 Å². The lowest BCUT2D eigenvalue weighted by Gasteiger charge is -2.14. The molecule has 0 fully saturated rings. The van der Waals surface area contributed by atoms with E-state index in [9.17, 15) is 4.79 Å². The number of rotatable bonds is 5. The van der Waals surface area contributed by atoms with Crippen molar-refractivity contribution in [3.05, 3.63) is 95.6 Å². The summed E-state index contributed by atoms with van der Waals surface area (Å²) in [6.07, 6.45) is 0. The third kappa shape index (κ3) is 5.49. The molecule has 0 saturated heterocycles. The molecule has 0 saturated carbocycles. The fraction of sp³-hybridized carbons (Fsp3) is 0.160. The van der Waals surface area contributed by atoms with Crippen LogP contribution in [0.5, 0.6) is 0 Å². The summed E-state index contributed by atoms with van der Waals surface area (Å²) in [6.45, 7) is 4.43. The molecular weight excluding hydrogens is 344 g/mol. The first-order chi connectivity index (χ1) is 13.6. The molecule has 0 heterocycles. The average Bonchev–Trinajstić information content (AvgIpc) is 2.72. The van der Waals surface area contributed by atoms with Gasteiger partial charge in [-0.1, -0.05) is 68.2 Å². The Kier molecular flexibility index (Phi) is 6.49. The molecule has 0 aromatic heterocycles. The summed E-state index contributed by atoms with van der Waals surface area (Å²) in [5.41, 5.74) is 4.75. The highest BCUT2D eigenvalue weighted by atomic mass is 16.1. The Hall–Kier alpha value is -3.51. The molecule has 0 unspecified atom stereocenters. The second-order valence-electron chi connectivity index (χ2n) is 6.84. The van der Waals surface area contributed by atoms with Crippen molar-refractivity contribution in [2.75, 3.05) is 17.2 Å². The predicted molar refractivity (Wildman–Crippen MR) is 117 cm³/mol. The fourth-order valence-electron chi connectivity index (χ4n) is 2.86. The number of anilines is 2. The molecule has 3 aromatic rings. The van der Waals surface area contributed by atoms with Gasteiger partial charge in [-0.25, -0.2) is 0 Å². The van der Waals surface area contributed by atoms with E-state index in [-0.39, 0.29) is 12.5 Å². The van der Waals surface area contributed by atoms with Crippen molar-refractivity contribution in [3.8, 4) is 11.8 Å². The van der Waals surface area contributed by atoms with Crippen LogP contribution in [0.15, 0.2) is 78.9 Å². The minimum atomic E-state index is -0.0751. The third-order valence-corrected chi connectivity index (χ3v) is 4.30. The first-order valence-corrected chi connectivity index (χ1v) is 9.41. The first kappa shape index (κ1) is 19.3. The molecule has 2 N–H and O–H groups in total. The average molecular weight is 368 g/mol. The highest BCUT2D eigenvalue weighted by Crippen LogP contribution is 2.23. The van der Waals surface area contributed by atoms with Gasteiger partial charge in [-0.3, -0.25) is 4.79 Å². The standard InChI is InChI=1S/C25H24N2O/c1-19(2)23-13-6-7-14-24(23)27-25(28)18-26-22-12-8-11-21(17-22)16-15-20-9-4-3-5-10-20/h3-14,17,19,26H,18H2,1-2H3,(H,27,28). The molecule has 3 heteroatoms. The van der Waals surface area contributed by atoms with E-state index in [0.29, 0.717) is 5.92 Å². The second-order valence-corrected chi connectivity index (χ2v) is 6.84. The molecule has 28 heavy (non-hydrogen) atoms. The highest BCUT2D eigenvalue weighted by Gasteiger charge is 2.09. The summed E-state index contributed by atoms with van der Waals surface area (Å²) < 4.78 is 0. The molecule has 3 nitrogen and oxygen atoms in total. The molecule has 140 valence electrons. The lowest BCUT2D eigenvalue weighted by molar-refractivity contribution is -0.114. The van der Waals surface area contributed by atoms with Crippen LogP contribution in [0.3, 0.4) is 0 Å². The zero-order chi connectivity index (χ0) is 19.8. The number of carbonyl (C=O) groups excluding carboxylic acids is 1. The Balaban J connectivity index is 1.61. The van der Waals surface area contributed by atoms with E-state index in [0.717, 1.165) is 28.1 Å². The van der Waals surface area contributed by atoms with Crippen molar-refractivity contribution < 1.29 is 4.79 Å². The molecule has 1 amide bonds. The smallest absolute Gasteiger partial charge is 0.243 e. The number of nitrogens with one attached hydrogen (secondary N) is 2. The maximum Gasteiger partial charge on any atom is 0.243 e. The van der Waals surface area contributed by atoms with Crippen LogP contribution in [0.4, 0.5) is 11.4 Å². The molecule has 0 aliphatic rings. The SMILES string of the molecule is CC(C)c1ccccc1NC(=O)CNc1cccc(C#Cc2ccccc2)c1. The zero-order valence-corrected chi connectivity index (χ0v) is 16.2. The summed E-state index contributed by atoms with van der Waals surface area (Å²) in [7, 11) is 0. The van der Waals surface area contributed by atoms with Crippen molar-refractivity contribution in [2.24, 2.45) is 0 Å². The van der Waals surface area contributed by atoms with Crippen LogP contribution in [-0.4, -0.2) is 12.5 Å². The quantitative estimate of drug-likeness (QED) is 0.603. The van der Waals surface area contributed by atoms with E-state index in [2.05, 4.69) is 36.3 Å². The van der Waals surface area contributed by atoms with E-state index in [1.807, 2.05) is 78.9 Å². The minimum Gasteiger partial charge on any atom is -0.376 e. The van der Waals surface area contributed by atoms with Gasteiger partial charge in [0.25, 0.3) is 0 Å². The van der Waals surface area contributed by atoms with E-state index in [1.165, 1.54) is 0 Å². The van der Waals surface area contributed by atoms with Gasteiger partial charge in [0.05, 0.1) is 6.54 Å². The molecule has 3 aromatic carbocycles. The summed E-state index contributed by atoms with van der Waals surface area (Å²) in [4.78, 5) is 12.4. The molecular formula is C25H24N2O. The monoisotopic (exact) mass is 368 g/mol. The normalized spacial score (nSPS) is 10.1. The number of carbonyl (C=O) groups is 1. The van der Waals surface area contributed by atoms with Gasteiger partial charge in [0.2, 0.25) is 5.91 Å². The van der Waals surface area contributed by atoms with Crippen LogP contribution < -0.4 is 10.6 Å². The highest BCUT2D eigenvalue weighted by molar-refractivity contribution is 5.94. The van der Waals surface area contributed by atoms with E-state index in [1.54, 1.807) is 0 Å². The largest absolute Gasteiger partial charge is 0.376 e. The Morgan fingerprint density at radius 3 is 2.32 bits per heavy atom. The van der Waals surface area contributed by atoms with Gasteiger partial charge in [-0.05, 0) is 47.9 Å². The molecule has 0 radical (unpaired) electrons. The zero-order valence-electron chi connectivity index (χ0n) is 16.2. The van der Waals surface area contributed by atoms with Crippen LogP contribution in [0.2, 0.25) is 0 Å². The summed E-state index contributed by atoms with van der Waals surface area (Å²) >= 11 is 0. The van der Waals surface area contributed by atoms with Crippen molar-refractivity contribution in [3.63, 3.8) is 0 Å². The number of para-hydroxylation sites is 1. The Morgan fingerprint density at radius 1 is 0.857 bits per heavy atom. The van der Waals surface area contributed by atoms with Crippen LogP contribution in [0.1, 0.15) is 36.5 Å². The third-order valence-electron chi connectivity index (χ3n) is 4.30.